The number of carboxylic acids is 1. The van der Waals surface area contributed by atoms with Crippen LogP contribution in [-0.4, -0.2) is 66.5 Å². The molecule has 1 fully saturated rings. The highest BCUT2D eigenvalue weighted by molar-refractivity contribution is 5.84. The van der Waals surface area contributed by atoms with Crippen molar-refractivity contribution in [3.63, 3.8) is 0 Å². The minimum absolute atomic E-state index is 0.0297. The van der Waals surface area contributed by atoms with Crippen LogP contribution in [0.25, 0.3) is 0 Å². The van der Waals surface area contributed by atoms with Gasteiger partial charge in [0.2, 0.25) is 5.91 Å². The number of nitrogens with one attached hydrogen (secondary N) is 1. The van der Waals surface area contributed by atoms with E-state index in [2.05, 4.69) is 5.32 Å². The summed E-state index contributed by atoms with van der Waals surface area (Å²) in [5.41, 5.74) is -0.844. The largest absolute Gasteiger partial charge is 0.481 e. The van der Waals surface area contributed by atoms with Crippen molar-refractivity contribution in [1.82, 2.24) is 15.1 Å². The Hall–Kier alpha value is -1.79. The Morgan fingerprint density at radius 1 is 1.42 bits per heavy atom. The fraction of sp³-hybridized carbons (Fsp3) is 0.750. The van der Waals surface area contributed by atoms with Crippen LogP contribution in [0, 0.1) is 5.41 Å². The molecule has 0 bridgehead atoms. The number of urea groups is 1. The second kappa shape index (κ2) is 5.90. The first kappa shape index (κ1) is 15.3. The van der Waals surface area contributed by atoms with Crippen molar-refractivity contribution in [1.29, 1.82) is 0 Å². The van der Waals surface area contributed by atoms with Crippen LogP contribution in [0.15, 0.2) is 0 Å². The Morgan fingerprint density at radius 2 is 2.05 bits per heavy atom. The molecule has 0 aromatic rings. The molecule has 1 rings (SSSR count). The predicted octanol–water partition coefficient (Wildman–Crippen LogP) is -0.0291. The molecule has 0 saturated carbocycles. The molecular weight excluding hydrogens is 250 g/mol. The minimum Gasteiger partial charge on any atom is -0.481 e. The quantitative estimate of drug-likeness (QED) is 0.751. The highest BCUT2D eigenvalue weighted by atomic mass is 16.4. The Morgan fingerprint density at radius 3 is 2.47 bits per heavy atom. The van der Waals surface area contributed by atoms with Gasteiger partial charge in [-0.3, -0.25) is 9.59 Å². The van der Waals surface area contributed by atoms with Gasteiger partial charge in [-0.15, -0.1) is 0 Å². The van der Waals surface area contributed by atoms with Gasteiger partial charge in [-0.25, -0.2) is 4.79 Å². The first-order valence-electron chi connectivity index (χ1n) is 6.30. The highest BCUT2D eigenvalue weighted by Gasteiger charge is 2.45. The summed E-state index contributed by atoms with van der Waals surface area (Å²) in [5, 5.41) is 11.7. The smallest absolute Gasteiger partial charge is 0.320 e. The third-order valence-corrected chi connectivity index (χ3v) is 3.74. The molecule has 7 heteroatoms. The Labute approximate surface area is 112 Å². The van der Waals surface area contributed by atoms with Crippen LogP contribution < -0.4 is 5.32 Å². The van der Waals surface area contributed by atoms with Crippen LogP contribution in [0.5, 0.6) is 0 Å². The van der Waals surface area contributed by atoms with Gasteiger partial charge < -0.3 is 20.2 Å². The summed E-state index contributed by atoms with van der Waals surface area (Å²) in [4.78, 5) is 37.4. The number of carboxylic acid groups (broad SMARTS) is 1. The lowest BCUT2D eigenvalue weighted by molar-refractivity contribution is -0.148. The zero-order valence-electron chi connectivity index (χ0n) is 11.6. The van der Waals surface area contributed by atoms with Gasteiger partial charge in [0.15, 0.2) is 0 Å². The maximum absolute atomic E-state index is 12.1. The number of carbonyl (C=O) groups excluding carboxylic acids is 2. The fourth-order valence-corrected chi connectivity index (χ4v) is 2.25. The average Bonchev–Trinajstić information content (AvgIpc) is 2.83. The number of nitrogens with zero attached hydrogens (tertiary/aromatic N) is 2. The van der Waals surface area contributed by atoms with Crippen LogP contribution in [0.4, 0.5) is 4.79 Å². The fourth-order valence-electron chi connectivity index (χ4n) is 2.25. The number of carbonyl (C=O) groups is 3. The molecule has 108 valence electrons. The van der Waals surface area contributed by atoms with Crippen LogP contribution in [0.3, 0.4) is 0 Å². The Balaban J connectivity index is 2.66. The van der Waals surface area contributed by atoms with Crippen LogP contribution >= 0.6 is 0 Å². The van der Waals surface area contributed by atoms with Gasteiger partial charge in [0.25, 0.3) is 0 Å². The van der Waals surface area contributed by atoms with Crippen molar-refractivity contribution in [3.8, 4) is 0 Å². The molecule has 7 nitrogen and oxygen atoms in total. The lowest BCUT2D eigenvalue weighted by atomic mass is 9.84. The molecule has 0 spiro atoms. The highest BCUT2D eigenvalue weighted by Crippen LogP contribution is 2.34. The molecule has 0 aliphatic carbocycles. The summed E-state index contributed by atoms with van der Waals surface area (Å²) in [7, 11) is 3.04. The third kappa shape index (κ3) is 3.15. The van der Waals surface area contributed by atoms with E-state index >= 15 is 0 Å². The molecule has 1 atom stereocenters. The molecular formula is C12H21N3O4. The van der Waals surface area contributed by atoms with Gasteiger partial charge in [0.05, 0.1) is 5.41 Å². The predicted molar refractivity (Wildman–Crippen MR) is 68.6 cm³/mol. The van der Waals surface area contributed by atoms with Gasteiger partial charge in [-0.2, -0.15) is 0 Å². The second-order valence-corrected chi connectivity index (χ2v) is 4.92. The number of aliphatic carboxylic acids is 1. The molecule has 19 heavy (non-hydrogen) atoms. The molecule has 2 N–H and O–H groups in total. The Bertz CT molecular complexity index is 385. The van der Waals surface area contributed by atoms with E-state index in [4.69, 9.17) is 0 Å². The number of likely N-dealkylation sites (tertiary alicyclic amines) is 1. The van der Waals surface area contributed by atoms with Gasteiger partial charge >= 0.3 is 12.0 Å². The number of likely N-dealkylation sites (N-methyl/N-ethyl adjacent to an activating group) is 2. The molecule has 1 aliphatic rings. The average molecular weight is 271 g/mol. The van der Waals surface area contributed by atoms with E-state index in [1.54, 1.807) is 0 Å². The summed E-state index contributed by atoms with van der Waals surface area (Å²) in [5.74, 6) is -1.12. The Kier molecular flexibility index (Phi) is 4.74. The van der Waals surface area contributed by atoms with Crippen LogP contribution in [0.2, 0.25) is 0 Å². The summed E-state index contributed by atoms with van der Waals surface area (Å²) in [6, 6.07) is -0.305. The number of hydrogen-bond acceptors (Lipinski definition) is 3. The maximum Gasteiger partial charge on any atom is 0.320 e. The van der Waals surface area contributed by atoms with Gasteiger partial charge in [-0.1, -0.05) is 6.92 Å². The second-order valence-electron chi connectivity index (χ2n) is 4.92. The molecule has 0 aromatic heterocycles. The van der Waals surface area contributed by atoms with E-state index in [0.717, 1.165) is 0 Å². The van der Waals surface area contributed by atoms with Crippen LogP contribution in [0.1, 0.15) is 19.8 Å². The lowest BCUT2D eigenvalue weighted by Gasteiger charge is -2.26. The van der Waals surface area contributed by atoms with Gasteiger partial charge in [-0.05, 0) is 12.8 Å². The molecule has 0 radical (unpaired) electrons. The first-order valence-corrected chi connectivity index (χ1v) is 6.30. The van der Waals surface area contributed by atoms with E-state index in [1.807, 2.05) is 6.92 Å². The van der Waals surface area contributed by atoms with Crippen molar-refractivity contribution in [2.45, 2.75) is 19.8 Å². The van der Waals surface area contributed by atoms with E-state index in [9.17, 15) is 19.5 Å². The molecule has 1 heterocycles. The minimum atomic E-state index is -0.862. The monoisotopic (exact) mass is 271 g/mol. The van der Waals surface area contributed by atoms with Crippen molar-refractivity contribution in [2.24, 2.45) is 5.41 Å². The zero-order valence-corrected chi connectivity index (χ0v) is 11.6. The van der Waals surface area contributed by atoms with Crippen molar-refractivity contribution >= 4 is 17.9 Å². The number of rotatable bonds is 4. The molecule has 1 unspecified atom stereocenters. The van der Waals surface area contributed by atoms with Crippen molar-refractivity contribution in [2.75, 3.05) is 33.7 Å². The molecule has 1 aliphatic heterocycles. The van der Waals surface area contributed by atoms with Crippen LogP contribution in [-0.2, 0) is 9.59 Å². The molecule has 1 saturated heterocycles. The normalized spacial score (nSPS) is 22.2. The zero-order chi connectivity index (χ0) is 14.6. The van der Waals surface area contributed by atoms with E-state index in [-0.39, 0.29) is 25.0 Å². The molecule has 0 aromatic carbocycles. The van der Waals surface area contributed by atoms with E-state index < -0.39 is 11.4 Å². The van der Waals surface area contributed by atoms with Gasteiger partial charge in [0, 0.05) is 27.2 Å². The standard InChI is InChI=1S/C12H21N3O4/c1-4-12(10(17)18)5-6-15(8-12)11(19)14(3)7-9(16)13-2/h4-8H2,1-3H3,(H,13,16)(H,17,18). The first-order chi connectivity index (χ1) is 8.86. The molecule has 3 amide bonds. The SMILES string of the molecule is CCC1(C(=O)O)CCN(C(=O)N(C)CC(=O)NC)C1. The lowest BCUT2D eigenvalue weighted by Crippen LogP contribution is -2.45. The summed E-state index contributed by atoms with van der Waals surface area (Å²) >= 11 is 0. The maximum atomic E-state index is 12.1. The van der Waals surface area contributed by atoms with E-state index in [0.29, 0.717) is 19.4 Å². The van der Waals surface area contributed by atoms with Gasteiger partial charge in [0.1, 0.15) is 6.54 Å². The number of hydrogen-bond donors (Lipinski definition) is 2. The summed E-state index contributed by atoms with van der Waals surface area (Å²) in [6.07, 6.45) is 0.948. The van der Waals surface area contributed by atoms with Crippen molar-refractivity contribution in [3.05, 3.63) is 0 Å². The summed E-state index contributed by atoms with van der Waals surface area (Å²) < 4.78 is 0. The summed E-state index contributed by atoms with van der Waals surface area (Å²) in [6.45, 7) is 2.40. The number of amides is 3. The third-order valence-electron chi connectivity index (χ3n) is 3.74. The van der Waals surface area contributed by atoms with E-state index in [1.165, 1.54) is 23.9 Å². The topological polar surface area (TPSA) is 90.0 Å². The van der Waals surface area contributed by atoms with Crippen molar-refractivity contribution < 1.29 is 19.5 Å².